The van der Waals surface area contributed by atoms with Gasteiger partial charge in [0.15, 0.2) is 0 Å². The Morgan fingerprint density at radius 3 is 2.39 bits per heavy atom. The minimum atomic E-state index is -0.376. The quantitative estimate of drug-likeness (QED) is 0.298. The van der Waals surface area contributed by atoms with Gasteiger partial charge in [-0.1, -0.05) is 72.4 Å². The van der Waals surface area contributed by atoms with Gasteiger partial charge in [0, 0.05) is 29.2 Å². The van der Waals surface area contributed by atoms with Crippen LogP contribution in [0.25, 0.3) is 11.3 Å². The molecule has 0 N–H and O–H groups in total. The molecule has 2 aromatic rings. The van der Waals surface area contributed by atoms with Crippen molar-refractivity contribution in [1.29, 1.82) is 0 Å². The molecule has 0 atom stereocenters. The Bertz CT molecular complexity index is 1110. The van der Waals surface area contributed by atoms with Gasteiger partial charge in [-0.05, 0) is 74.6 Å². The number of nitrogens with zero attached hydrogens (tertiary/aromatic N) is 3. The van der Waals surface area contributed by atoms with Crippen molar-refractivity contribution in [1.82, 2.24) is 4.98 Å². The van der Waals surface area contributed by atoms with Crippen molar-refractivity contribution in [2.24, 2.45) is 10.9 Å². The summed E-state index contributed by atoms with van der Waals surface area (Å²) in [4.78, 5) is 26.2. The maximum Gasteiger partial charge on any atom is 0.237 e. The Morgan fingerprint density at radius 1 is 1.06 bits per heavy atom. The summed E-state index contributed by atoms with van der Waals surface area (Å²) in [6.07, 6.45) is 12.4. The molecule has 2 aliphatic rings. The highest BCUT2D eigenvalue weighted by atomic mass is 16.2. The Morgan fingerprint density at radius 2 is 1.78 bits per heavy atom. The highest BCUT2D eigenvalue weighted by Gasteiger charge is 2.53. The molecule has 0 radical (unpaired) electrons. The zero-order chi connectivity index (χ0) is 25.9. The van der Waals surface area contributed by atoms with Crippen LogP contribution in [0.15, 0.2) is 29.3 Å². The van der Waals surface area contributed by atoms with Gasteiger partial charge in [0.2, 0.25) is 5.91 Å². The van der Waals surface area contributed by atoms with Crippen LogP contribution in [0.3, 0.4) is 0 Å². The number of carbonyl (C=O) groups is 1. The van der Waals surface area contributed by atoms with Crippen molar-refractivity contribution >= 4 is 23.5 Å². The predicted octanol–water partition coefficient (Wildman–Crippen LogP) is 8.50. The number of fused-ring (bicyclic) bond motifs is 1. The fourth-order valence-corrected chi connectivity index (χ4v) is 6.59. The van der Waals surface area contributed by atoms with E-state index < -0.39 is 0 Å². The number of hydrogen-bond acceptors (Lipinski definition) is 3. The lowest BCUT2D eigenvalue weighted by atomic mass is 9.73. The molecule has 1 fully saturated rings. The molecule has 0 saturated heterocycles. The van der Waals surface area contributed by atoms with Gasteiger partial charge in [0.1, 0.15) is 0 Å². The summed E-state index contributed by atoms with van der Waals surface area (Å²) in [5.41, 5.74) is 7.30. The van der Waals surface area contributed by atoms with Crippen molar-refractivity contribution in [2.75, 3.05) is 4.90 Å². The normalized spacial score (nSPS) is 20.7. The molecular formula is C32H45N3O. The Labute approximate surface area is 218 Å². The maximum absolute atomic E-state index is 14.2. The lowest BCUT2D eigenvalue weighted by molar-refractivity contribution is -0.124. The first-order valence-corrected chi connectivity index (χ1v) is 14.4. The van der Waals surface area contributed by atoms with E-state index in [4.69, 9.17) is 9.98 Å². The molecule has 0 spiro atoms. The predicted molar refractivity (Wildman–Crippen MR) is 153 cm³/mol. The third-order valence-electron chi connectivity index (χ3n) is 8.42. The Balaban J connectivity index is 1.82. The number of anilines is 1. The molecule has 0 unspecified atom stereocenters. The zero-order valence-corrected chi connectivity index (χ0v) is 23.4. The van der Waals surface area contributed by atoms with Crippen LogP contribution in [0.2, 0.25) is 0 Å². The van der Waals surface area contributed by atoms with Crippen LogP contribution in [0.1, 0.15) is 109 Å². The van der Waals surface area contributed by atoms with Crippen LogP contribution in [0.4, 0.5) is 11.4 Å². The number of aliphatic imine (C=N–C) groups is 1. The van der Waals surface area contributed by atoms with E-state index in [9.17, 15) is 4.79 Å². The fourth-order valence-electron chi connectivity index (χ4n) is 6.59. The smallest absolute Gasteiger partial charge is 0.237 e. The molecule has 1 aromatic carbocycles. The molecule has 4 nitrogen and oxygen atoms in total. The number of hydrogen-bond donors (Lipinski definition) is 0. The third kappa shape index (κ3) is 4.64. The number of amides is 1. The number of carbonyl (C=O) groups excluding carboxylic acids is 1. The van der Waals surface area contributed by atoms with E-state index >= 15 is 0 Å². The fraction of sp³-hybridized carbons (Fsp3) is 0.594. The van der Waals surface area contributed by atoms with Crippen LogP contribution in [-0.4, -0.2) is 23.1 Å². The van der Waals surface area contributed by atoms with E-state index in [0.717, 1.165) is 91.2 Å². The number of rotatable bonds is 11. The van der Waals surface area contributed by atoms with E-state index in [1.165, 1.54) is 18.4 Å². The highest BCUT2D eigenvalue weighted by Crippen LogP contribution is 2.52. The second kappa shape index (κ2) is 11.3. The molecule has 1 aliphatic carbocycles. The van der Waals surface area contributed by atoms with Crippen LogP contribution >= 0.6 is 0 Å². The van der Waals surface area contributed by atoms with E-state index in [0.29, 0.717) is 11.9 Å². The number of pyridine rings is 1. The van der Waals surface area contributed by atoms with E-state index in [1.54, 1.807) is 0 Å². The molecule has 4 heteroatoms. The molecule has 0 bridgehead atoms. The topological polar surface area (TPSA) is 45.6 Å². The van der Waals surface area contributed by atoms with E-state index in [1.807, 2.05) is 6.21 Å². The van der Waals surface area contributed by atoms with Crippen LogP contribution < -0.4 is 4.90 Å². The van der Waals surface area contributed by atoms with Gasteiger partial charge in [-0.15, -0.1) is 0 Å². The van der Waals surface area contributed by atoms with E-state index in [-0.39, 0.29) is 5.41 Å². The lowest BCUT2D eigenvalue weighted by Gasteiger charge is -2.42. The first kappa shape index (κ1) is 26.6. The standard InChI is InChI=1S/C32H45N3O/c1-7-12-23-18-25(19-23)35-30-20-24(13-14-26(30)32(15-8-2,16-9-3)31(35)36)29-21-28(33-17-10-4)22(6)27(11-5)34-29/h13-14,17,20-21,23,25H,7-12,15-16,18-19H2,1-6H3. The minimum Gasteiger partial charge on any atom is -0.308 e. The van der Waals surface area contributed by atoms with E-state index in [2.05, 4.69) is 70.7 Å². The van der Waals surface area contributed by atoms with Gasteiger partial charge < -0.3 is 4.90 Å². The maximum atomic E-state index is 14.2. The third-order valence-corrected chi connectivity index (χ3v) is 8.42. The average Bonchev–Trinajstić information content (AvgIpc) is 3.08. The number of aryl methyl sites for hydroxylation is 1. The highest BCUT2D eigenvalue weighted by molar-refractivity contribution is 6.09. The SMILES string of the molecule is CCC=Nc1cc(-c2ccc3c(c2)N(C2CC(CCC)C2)C(=O)C3(CCC)CCC)nc(CC)c1C. The first-order valence-electron chi connectivity index (χ1n) is 14.4. The van der Waals surface area contributed by atoms with Gasteiger partial charge in [0.05, 0.1) is 16.8 Å². The summed E-state index contributed by atoms with van der Waals surface area (Å²) in [7, 11) is 0. The van der Waals surface area contributed by atoms with Crippen LogP contribution in [0, 0.1) is 12.8 Å². The minimum absolute atomic E-state index is 0.334. The largest absolute Gasteiger partial charge is 0.308 e. The van der Waals surface area contributed by atoms with Crippen molar-refractivity contribution in [3.05, 3.63) is 41.1 Å². The summed E-state index contributed by atoms with van der Waals surface area (Å²) in [5, 5.41) is 0. The second-order valence-corrected chi connectivity index (χ2v) is 10.9. The number of benzene rings is 1. The number of aromatic nitrogens is 1. The molecule has 1 aliphatic heterocycles. The van der Waals surface area contributed by atoms with Crippen LogP contribution in [-0.2, 0) is 16.6 Å². The molecule has 2 heterocycles. The monoisotopic (exact) mass is 487 g/mol. The van der Waals surface area contributed by atoms with Crippen molar-refractivity contribution in [3.63, 3.8) is 0 Å². The van der Waals surface area contributed by atoms with Gasteiger partial charge >= 0.3 is 0 Å². The molecule has 194 valence electrons. The summed E-state index contributed by atoms with van der Waals surface area (Å²) < 4.78 is 0. The summed E-state index contributed by atoms with van der Waals surface area (Å²) in [5.74, 6) is 1.11. The van der Waals surface area contributed by atoms with Crippen molar-refractivity contribution < 1.29 is 4.79 Å². The summed E-state index contributed by atoms with van der Waals surface area (Å²) in [6, 6.07) is 9.16. The summed E-state index contributed by atoms with van der Waals surface area (Å²) >= 11 is 0. The Hall–Kier alpha value is -2.49. The molecular weight excluding hydrogens is 442 g/mol. The molecule has 1 amide bonds. The van der Waals surface area contributed by atoms with Gasteiger partial charge in [-0.25, -0.2) is 0 Å². The second-order valence-electron chi connectivity index (χ2n) is 10.9. The van der Waals surface area contributed by atoms with Gasteiger partial charge in [-0.3, -0.25) is 14.8 Å². The van der Waals surface area contributed by atoms with Crippen LogP contribution in [0.5, 0.6) is 0 Å². The molecule has 4 rings (SSSR count). The summed E-state index contributed by atoms with van der Waals surface area (Å²) in [6.45, 7) is 13.1. The zero-order valence-electron chi connectivity index (χ0n) is 23.4. The van der Waals surface area contributed by atoms with Crippen molar-refractivity contribution in [2.45, 2.75) is 117 Å². The van der Waals surface area contributed by atoms with Crippen molar-refractivity contribution in [3.8, 4) is 11.3 Å². The molecule has 36 heavy (non-hydrogen) atoms. The first-order chi connectivity index (χ1) is 17.4. The average molecular weight is 488 g/mol. The molecule has 1 saturated carbocycles. The van der Waals surface area contributed by atoms with Gasteiger partial charge in [-0.2, -0.15) is 0 Å². The van der Waals surface area contributed by atoms with Gasteiger partial charge in [0.25, 0.3) is 0 Å². The molecule has 1 aromatic heterocycles. The Kier molecular flexibility index (Phi) is 8.32. The lowest BCUT2D eigenvalue weighted by Crippen LogP contribution is -2.50.